The Morgan fingerprint density at radius 1 is 1.09 bits per heavy atom. The number of carbonyl (C=O) groups excluding carboxylic acids is 3. The lowest BCUT2D eigenvalue weighted by atomic mass is 9.85. The summed E-state index contributed by atoms with van der Waals surface area (Å²) in [6.45, 7) is 5.60. The van der Waals surface area contributed by atoms with Gasteiger partial charge in [-0.25, -0.2) is 4.79 Å². The Hall–Kier alpha value is -1.63. The maximum absolute atomic E-state index is 14.2. The van der Waals surface area contributed by atoms with Gasteiger partial charge in [0, 0.05) is 31.3 Å². The molecule has 1 aliphatic rings. The number of carbonyl (C=O) groups is 3. The standard InChI is InChI=1S/C27H44F2O5/c1-4-5-6-13-18-27(28,29)25(32)17-16-22-21(23(30)19-24(22)31)14-11-9-7-8-10-12-15-26(33)34-20(2)3/h12,15,20-22,24,31H,4-11,13-14,16-19H2,1-3H3/t21?,22-,24?/m1/s1. The molecule has 1 aliphatic carbocycles. The van der Waals surface area contributed by atoms with Gasteiger partial charge in [0.25, 0.3) is 0 Å². The molecule has 0 aromatic heterocycles. The molecule has 7 heteroatoms. The fraction of sp³-hybridized carbons (Fsp3) is 0.815. The minimum atomic E-state index is -3.32. The first-order valence-corrected chi connectivity index (χ1v) is 13.1. The molecule has 1 N–H and O–H groups in total. The Kier molecular flexibility index (Phi) is 14.4. The largest absolute Gasteiger partial charge is 0.460 e. The Morgan fingerprint density at radius 3 is 2.44 bits per heavy atom. The highest BCUT2D eigenvalue weighted by Gasteiger charge is 2.43. The summed E-state index contributed by atoms with van der Waals surface area (Å²) < 4.78 is 33.3. The van der Waals surface area contributed by atoms with Crippen LogP contribution in [-0.2, 0) is 19.1 Å². The maximum atomic E-state index is 14.2. The molecule has 3 atom stereocenters. The summed E-state index contributed by atoms with van der Waals surface area (Å²) in [6.07, 6.45) is 9.53. The van der Waals surface area contributed by atoms with Gasteiger partial charge in [-0.1, -0.05) is 51.5 Å². The number of esters is 1. The molecule has 34 heavy (non-hydrogen) atoms. The number of hydrogen-bond acceptors (Lipinski definition) is 5. The summed E-state index contributed by atoms with van der Waals surface area (Å²) in [6, 6.07) is 0. The van der Waals surface area contributed by atoms with Crippen LogP contribution in [0, 0.1) is 11.8 Å². The van der Waals surface area contributed by atoms with Crippen molar-refractivity contribution in [1.82, 2.24) is 0 Å². The molecular weight excluding hydrogens is 442 g/mol. The van der Waals surface area contributed by atoms with E-state index in [1.807, 2.05) is 6.92 Å². The van der Waals surface area contributed by atoms with Crippen molar-refractivity contribution in [2.45, 2.75) is 129 Å². The number of Topliss-reactive ketones (excluding diaryl/α,β-unsaturated/α-hetero) is 2. The van der Waals surface area contributed by atoms with Crippen LogP contribution in [0.3, 0.4) is 0 Å². The summed E-state index contributed by atoms with van der Waals surface area (Å²) in [5, 5.41) is 10.3. The zero-order chi connectivity index (χ0) is 25.6. The summed E-state index contributed by atoms with van der Waals surface area (Å²) in [5.74, 6) is -5.53. The van der Waals surface area contributed by atoms with Crippen molar-refractivity contribution >= 4 is 17.5 Å². The third kappa shape index (κ3) is 11.7. The lowest BCUT2D eigenvalue weighted by Crippen LogP contribution is -2.30. The summed E-state index contributed by atoms with van der Waals surface area (Å²) >= 11 is 0. The Labute approximate surface area is 203 Å². The quantitative estimate of drug-likeness (QED) is 0.139. The van der Waals surface area contributed by atoms with Crippen molar-refractivity contribution < 1.29 is 33.0 Å². The van der Waals surface area contributed by atoms with Gasteiger partial charge in [0.15, 0.2) is 0 Å². The van der Waals surface area contributed by atoms with Crippen molar-refractivity contribution in [1.29, 1.82) is 0 Å². The molecule has 0 aliphatic heterocycles. The van der Waals surface area contributed by atoms with E-state index in [9.17, 15) is 28.3 Å². The van der Waals surface area contributed by atoms with Gasteiger partial charge in [0.05, 0.1) is 12.2 Å². The molecule has 0 heterocycles. The van der Waals surface area contributed by atoms with Crippen LogP contribution in [-0.4, -0.2) is 40.8 Å². The van der Waals surface area contributed by atoms with E-state index in [2.05, 4.69) is 0 Å². The number of alkyl halides is 2. The zero-order valence-corrected chi connectivity index (χ0v) is 21.2. The lowest BCUT2D eigenvalue weighted by molar-refractivity contribution is -0.144. The number of unbranched alkanes of at least 4 members (excludes halogenated alkanes) is 7. The van der Waals surface area contributed by atoms with Crippen molar-refractivity contribution in [2.75, 3.05) is 0 Å². The maximum Gasteiger partial charge on any atom is 0.330 e. The molecule has 0 saturated heterocycles. The molecule has 2 unspecified atom stereocenters. The monoisotopic (exact) mass is 486 g/mol. The van der Waals surface area contributed by atoms with Crippen LogP contribution in [0.1, 0.15) is 111 Å². The van der Waals surface area contributed by atoms with Gasteiger partial charge < -0.3 is 9.84 Å². The molecule has 1 saturated carbocycles. The van der Waals surface area contributed by atoms with Crippen molar-refractivity contribution in [2.24, 2.45) is 11.8 Å². The highest BCUT2D eigenvalue weighted by molar-refractivity contribution is 5.86. The molecule has 5 nitrogen and oxygen atoms in total. The fourth-order valence-corrected chi connectivity index (χ4v) is 4.61. The van der Waals surface area contributed by atoms with Crippen LogP contribution in [0.2, 0.25) is 0 Å². The van der Waals surface area contributed by atoms with Gasteiger partial charge in [-0.2, -0.15) is 8.78 Å². The number of allylic oxidation sites excluding steroid dienone is 1. The molecule has 0 aromatic rings. The van der Waals surface area contributed by atoms with E-state index < -0.39 is 30.1 Å². The number of aliphatic hydroxyl groups is 1. The first kappa shape index (κ1) is 30.4. The number of aliphatic hydroxyl groups excluding tert-OH is 1. The smallest absolute Gasteiger partial charge is 0.330 e. The van der Waals surface area contributed by atoms with Crippen molar-refractivity contribution in [3.05, 3.63) is 12.2 Å². The highest BCUT2D eigenvalue weighted by Crippen LogP contribution is 2.37. The highest BCUT2D eigenvalue weighted by atomic mass is 19.3. The van der Waals surface area contributed by atoms with Gasteiger partial charge in [0.1, 0.15) is 5.78 Å². The Bertz CT molecular complexity index is 659. The second-order valence-electron chi connectivity index (χ2n) is 9.86. The Morgan fingerprint density at radius 2 is 1.76 bits per heavy atom. The first-order chi connectivity index (χ1) is 16.1. The third-order valence-electron chi connectivity index (χ3n) is 6.53. The van der Waals surface area contributed by atoms with Crippen LogP contribution in [0.4, 0.5) is 8.78 Å². The van der Waals surface area contributed by atoms with Gasteiger partial charge in [-0.05, 0) is 51.9 Å². The van der Waals surface area contributed by atoms with Crippen LogP contribution >= 0.6 is 0 Å². The van der Waals surface area contributed by atoms with E-state index >= 15 is 0 Å². The molecule has 1 fully saturated rings. The second kappa shape index (κ2) is 16.1. The number of rotatable bonds is 18. The number of hydrogen-bond donors (Lipinski definition) is 1. The predicted octanol–water partition coefficient (Wildman–Crippen LogP) is 6.36. The van der Waals surface area contributed by atoms with Crippen LogP contribution in [0.25, 0.3) is 0 Å². The van der Waals surface area contributed by atoms with Crippen molar-refractivity contribution in [3.63, 3.8) is 0 Å². The Balaban J connectivity index is 2.35. The van der Waals surface area contributed by atoms with Crippen LogP contribution in [0.15, 0.2) is 12.2 Å². The van der Waals surface area contributed by atoms with Gasteiger partial charge in [-0.3, -0.25) is 9.59 Å². The van der Waals surface area contributed by atoms with Crippen LogP contribution < -0.4 is 0 Å². The molecule has 0 amide bonds. The molecule has 0 aromatic carbocycles. The first-order valence-electron chi connectivity index (χ1n) is 13.1. The summed E-state index contributed by atoms with van der Waals surface area (Å²) in [7, 11) is 0. The van der Waals surface area contributed by atoms with Gasteiger partial charge >= 0.3 is 11.9 Å². The predicted molar refractivity (Wildman–Crippen MR) is 129 cm³/mol. The molecule has 0 radical (unpaired) electrons. The van der Waals surface area contributed by atoms with E-state index in [1.54, 1.807) is 19.9 Å². The SMILES string of the molecule is CCCCCCC(F)(F)C(=O)CC[C@H]1C(O)CC(=O)C1CCCCCCC=CC(=O)OC(C)C. The number of ketones is 2. The second-order valence-corrected chi connectivity index (χ2v) is 9.86. The molecule has 1 rings (SSSR count). The third-order valence-corrected chi connectivity index (χ3v) is 6.53. The minimum absolute atomic E-state index is 0.0251. The lowest BCUT2D eigenvalue weighted by Gasteiger charge is -2.22. The average molecular weight is 487 g/mol. The minimum Gasteiger partial charge on any atom is -0.460 e. The molecule has 0 bridgehead atoms. The number of halogens is 2. The van der Waals surface area contributed by atoms with Gasteiger partial charge in [0.2, 0.25) is 5.78 Å². The fourth-order valence-electron chi connectivity index (χ4n) is 4.61. The normalized spacial score (nSPS) is 21.0. The summed E-state index contributed by atoms with van der Waals surface area (Å²) in [4.78, 5) is 35.9. The molecule has 196 valence electrons. The van der Waals surface area contributed by atoms with Crippen LogP contribution in [0.5, 0.6) is 0 Å². The van der Waals surface area contributed by atoms with E-state index in [4.69, 9.17) is 4.74 Å². The number of ether oxygens (including phenoxy) is 1. The molecule has 0 spiro atoms. The van der Waals surface area contributed by atoms with E-state index in [-0.39, 0.29) is 43.0 Å². The van der Waals surface area contributed by atoms with E-state index in [0.717, 1.165) is 44.9 Å². The van der Waals surface area contributed by atoms with Gasteiger partial charge in [-0.15, -0.1) is 0 Å². The molecular formula is C27H44F2O5. The average Bonchev–Trinajstić information content (AvgIpc) is 3.02. The topological polar surface area (TPSA) is 80.7 Å². The zero-order valence-electron chi connectivity index (χ0n) is 21.2. The summed E-state index contributed by atoms with van der Waals surface area (Å²) in [5.41, 5.74) is 0. The van der Waals surface area contributed by atoms with E-state index in [0.29, 0.717) is 19.3 Å². The van der Waals surface area contributed by atoms with Crippen molar-refractivity contribution in [3.8, 4) is 0 Å². The van der Waals surface area contributed by atoms with E-state index in [1.165, 1.54) is 6.08 Å².